The summed E-state index contributed by atoms with van der Waals surface area (Å²) >= 11 is 0. The molecular formula is C19H36N2O9+2. The second-order valence-electron chi connectivity index (χ2n) is 9.71. The summed E-state index contributed by atoms with van der Waals surface area (Å²) in [5.41, 5.74) is 0. The van der Waals surface area contributed by atoms with Gasteiger partial charge in [0, 0.05) is 12.8 Å². The van der Waals surface area contributed by atoms with Crippen molar-refractivity contribution in [3.63, 3.8) is 0 Å². The summed E-state index contributed by atoms with van der Waals surface area (Å²) in [6.45, 7) is -0.0634. The predicted molar refractivity (Wildman–Crippen MR) is 105 cm³/mol. The number of hydrogen-bond acceptors (Lipinski definition) is 7. The van der Waals surface area contributed by atoms with Crippen LogP contribution in [0.3, 0.4) is 0 Å². The number of hydrogen-bond donors (Lipinski definition) is 5. The van der Waals surface area contributed by atoms with Crippen molar-refractivity contribution in [3.8, 4) is 0 Å². The normalized spacial score (nSPS) is 17.5. The van der Waals surface area contributed by atoms with Gasteiger partial charge in [0.15, 0.2) is 11.6 Å². The molecule has 0 aliphatic carbocycles. The highest BCUT2D eigenvalue weighted by Gasteiger charge is 2.40. The first kappa shape index (κ1) is 28.1. The average molecular weight is 437 g/mol. The second-order valence-corrected chi connectivity index (χ2v) is 9.71. The molecule has 0 saturated heterocycles. The van der Waals surface area contributed by atoms with E-state index in [4.69, 9.17) is 0 Å². The van der Waals surface area contributed by atoms with Gasteiger partial charge in [0.05, 0.1) is 48.4 Å². The van der Waals surface area contributed by atoms with Crippen LogP contribution in [0.2, 0.25) is 0 Å². The second kappa shape index (κ2) is 10.9. The summed E-state index contributed by atoms with van der Waals surface area (Å²) in [5, 5.41) is 49.0. The van der Waals surface area contributed by atoms with Gasteiger partial charge in [0.2, 0.25) is 0 Å². The van der Waals surface area contributed by atoms with Crippen LogP contribution in [0.1, 0.15) is 12.8 Å². The number of aliphatic carboxylic acids is 2. The first-order valence-electron chi connectivity index (χ1n) is 9.52. The Morgan fingerprint density at radius 1 is 0.633 bits per heavy atom. The maximum atomic E-state index is 12.3. The van der Waals surface area contributed by atoms with Crippen LogP contribution >= 0.6 is 0 Å². The maximum Gasteiger partial charge on any atom is 0.316 e. The Balaban J connectivity index is 5.19. The zero-order valence-electron chi connectivity index (χ0n) is 18.5. The molecule has 0 radical (unpaired) electrons. The van der Waals surface area contributed by atoms with E-state index in [0.717, 1.165) is 0 Å². The fraction of sp³-hybridized carbons (Fsp3) is 0.789. The molecule has 4 unspecified atom stereocenters. The van der Waals surface area contributed by atoms with Crippen LogP contribution < -0.4 is 0 Å². The largest absolute Gasteiger partial charge is 0.481 e. The van der Waals surface area contributed by atoms with Crippen LogP contribution in [0.25, 0.3) is 0 Å². The number of aliphatic hydroxyl groups is 3. The Labute approximate surface area is 176 Å². The predicted octanol–water partition coefficient (Wildman–Crippen LogP) is -2.20. The van der Waals surface area contributed by atoms with Crippen molar-refractivity contribution in [2.24, 2.45) is 11.8 Å². The topological polar surface area (TPSA) is 169 Å². The van der Waals surface area contributed by atoms with E-state index in [9.17, 15) is 44.7 Å². The number of quaternary nitrogens is 2. The highest BCUT2D eigenvalue weighted by Crippen LogP contribution is 2.17. The summed E-state index contributed by atoms with van der Waals surface area (Å²) in [5.74, 6) is -8.62. The van der Waals surface area contributed by atoms with Gasteiger partial charge >= 0.3 is 11.9 Å². The number of aliphatic hydroxyl groups excluding tert-OH is 3. The minimum Gasteiger partial charge on any atom is -0.481 e. The van der Waals surface area contributed by atoms with Crippen molar-refractivity contribution in [3.05, 3.63) is 0 Å². The molecule has 0 fully saturated rings. The molecule has 30 heavy (non-hydrogen) atoms. The molecule has 0 rings (SSSR count). The molecule has 0 aromatic rings. The van der Waals surface area contributed by atoms with E-state index in [1.54, 1.807) is 42.3 Å². The number of carboxylic acid groups (broad SMARTS) is 2. The fourth-order valence-corrected chi connectivity index (χ4v) is 3.16. The average Bonchev–Trinajstić information content (AvgIpc) is 2.41. The first-order chi connectivity index (χ1) is 13.4. The Hall–Kier alpha value is -1.92. The van der Waals surface area contributed by atoms with Crippen molar-refractivity contribution in [2.75, 3.05) is 55.4 Å². The van der Waals surface area contributed by atoms with E-state index in [1.165, 1.54) is 0 Å². The zero-order chi connectivity index (χ0) is 24.0. The number of ketones is 2. The number of Topliss-reactive ketones (excluding diaryl/α,β-unsaturated/α-hetero) is 2. The maximum absolute atomic E-state index is 12.3. The van der Waals surface area contributed by atoms with Gasteiger partial charge in [0.1, 0.15) is 37.1 Å². The molecule has 0 amide bonds. The lowest BCUT2D eigenvalue weighted by molar-refractivity contribution is -0.873. The molecule has 11 heteroatoms. The Morgan fingerprint density at radius 3 is 1.10 bits per heavy atom. The van der Waals surface area contributed by atoms with Gasteiger partial charge in [-0.2, -0.15) is 0 Å². The fourth-order valence-electron chi connectivity index (χ4n) is 3.16. The number of carbonyl (C=O) groups is 4. The monoisotopic (exact) mass is 436 g/mol. The van der Waals surface area contributed by atoms with Gasteiger partial charge in [-0.25, -0.2) is 0 Å². The molecule has 174 valence electrons. The van der Waals surface area contributed by atoms with Crippen molar-refractivity contribution in [1.29, 1.82) is 0 Å². The zero-order valence-corrected chi connectivity index (χ0v) is 18.5. The Bertz CT molecular complexity index is 583. The summed E-state index contributed by atoms with van der Waals surface area (Å²) in [6, 6.07) is 0. The summed E-state index contributed by atoms with van der Waals surface area (Å²) in [6.07, 6.45) is -6.13. The number of carbonyl (C=O) groups excluding carboxylic acids is 2. The summed E-state index contributed by atoms with van der Waals surface area (Å²) in [4.78, 5) is 47.6. The molecule has 0 saturated carbocycles. The van der Waals surface area contributed by atoms with Crippen molar-refractivity contribution in [1.82, 2.24) is 0 Å². The van der Waals surface area contributed by atoms with Crippen LogP contribution in [0.15, 0.2) is 0 Å². The van der Waals surface area contributed by atoms with Crippen molar-refractivity contribution >= 4 is 23.5 Å². The van der Waals surface area contributed by atoms with Gasteiger partial charge in [0.25, 0.3) is 0 Å². The molecule has 0 aliphatic heterocycles. The minimum absolute atomic E-state index is 0.0317. The Kier molecular flexibility index (Phi) is 10.2. The molecule has 0 aromatic heterocycles. The standard InChI is InChI=1S/C19H34N2O9/c1-20(2,3)9-14(25)16(18(27)28)12(23)7-11(22)8-13(24)17(19(29)30)15(26)10-21(4,5)6/h11,14-17,22,25-26H,7-10H2,1-6H3/p+2. The van der Waals surface area contributed by atoms with Crippen molar-refractivity contribution < 1.29 is 53.7 Å². The third-order valence-corrected chi connectivity index (χ3v) is 4.34. The molecule has 5 N–H and O–H groups in total. The van der Waals surface area contributed by atoms with Gasteiger partial charge in [-0.15, -0.1) is 0 Å². The highest BCUT2D eigenvalue weighted by molar-refractivity contribution is 6.01. The molecule has 0 spiro atoms. The molecule has 0 heterocycles. The molecule has 0 bridgehead atoms. The quantitative estimate of drug-likeness (QED) is 0.150. The van der Waals surface area contributed by atoms with Gasteiger partial charge < -0.3 is 34.5 Å². The highest BCUT2D eigenvalue weighted by atomic mass is 16.4. The third-order valence-electron chi connectivity index (χ3n) is 4.34. The molecule has 0 aromatic carbocycles. The van der Waals surface area contributed by atoms with Crippen LogP contribution in [-0.4, -0.2) is 132 Å². The summed E-state index contributed by atoms with van der Waals surface area (Å²) in [7, 11) is 10.2. The van der Waals surface area contributed by atoms with Crippen molar-refractivity contribution in [2.45, 2.75) is 31.2 Å². The molecule has 0 aliphatic rings. The lowest BCUT2D eigenvalue weighted by Gasteiger charge is -2.29. The molecule has 4 atom stereocenters. The number of carboxylic acids is 2. The smallest absolute Gasteiger partial charge is 0.316 e. The van der Waals surface area contributed by atoms with E-state index in [-0.39, 0.29) is 22.1 Å². The van der Waals surface area contributed by atoms with Crippen LogP contribution in [-0.2, 0) is 19.2 Å². The van der Waals surface area contributed by atoms with Gasteiger partial charge in [-0.1, -0.05) is 0 Å². The van der Waals surface area contributed by atoms with E-state index in [1.807, 2.05) is 0 Å². The number of likely N-dealkylation sites (N-methyl/N-ethyl adjacent to an activating group) is 2. The Morgan fingerprint density at radius 2 is 0.900 bits per heavy atom. The van der Waals surface area contributed by atoms with Crippen LogP contribution in [0, 0.1) is 11.8 Å². The minimum atomic E-state index is -1.79. The van der Waals surface area contributed by atoms with E-state index >= 15 is 0 Å². The van der Waals surface area contributed by atoms with Gasteiger partial charge in [-0.05, 0) is 0 Å². The lowest BCUT2D eigenvalue weighted by Crippen LogP contribution is -2.49. The molecule has 11 nitrogen and oxygen atoms in total. The van der Waals surface area contributed by atoms with Crippen LogP contribution in [0.5, 0.6) is 0 Å². The van der Waals surface area contributed by atoms with Crippen LogP contribution in [0.4, 0.5) is 0 Å². The number of nitrogens with zero attached hydrogens (tertiary/aromatic N) is 2. The summed E-state index contributed by atoms with van der Waals surface area (Å²) < 4.78 is 0.396. The SMILES string of the molecule is C[N+](C)(C)CC(O)C(C(=O)O)C(=O)CC(O)CC(=O)C(C(=O)O)C(O)C[N+](C)(C)C. The lowest BCUT2D eigenvalue weighted by atomic mass is 9.89. The number of rotatable bonds is 14. The van der Waals surface area contributed by atoms with Gasteiger partial charge in [-0.3, -0.25) is 19.2 Å². The third kappa shape index (κ3) is 10.2. The molecular weight excluding hydrogens is 400 g/mol. The van der Waals surface area contributed by atoms with E-state index in [0.29, 0.717) is 0 Å². The van der Waals surface area contributed by atoms with E-state index < -0.39 is 66.5 Å². The van der Waals surface area contributed by atoms with E-state index in [2.05, 4.69) is 0 Å². The first-order valence-corrected chi connectivity index (χ1v) is 9.52.